The molecular weight excluding hydrogens is 298 g/mol. The van der Waals surface area contributed by atoms with Gasteiger partial charge in [-0.2, -0.15) is 11.8 Å². The van der Waals surface area contributed by atoms with Gasteiger partial charge in [0.2, 0.25) is 0 Å². The second kappa shape index (κ2) is 8.84. The average molecular weight is 318 g/mol. The average Bonchev–Trinajstić information content (AvgIpc) is 2.32. The Labute approximate surface area is 117 Å². The summed E-state index contributed by atoms with van der Waals surface area (Å²) in [6.07, 6.45) is 1.10. The van der Waals surface area contributed by atoms with Gasteiger partial charge < -0.3 is 10.1 Å². The number of benzene rings is 1. The number of halogens is 1. The standard InChI is InChI=1S/C13H20BrNOS/c1-3-17-8-4-7-16-13-6-5-11(10-15-2)9-12(13)14/h5-6,9,15H,3-4,7-8,10H2,1-2H3. The number of ether oxygens (including phenoxy) is 1. The molecule has 17 heavy (non-hydrogen) atoms. The Hall–Kier alpha value is -0.190. The van der Waals surface area contributed by atoms with Crippen molar-refractivity contribution in [3.8, 4) is 5.75 Å². The van der Waals surface area contributed by atoms with E-state index < -0.39 is 0 Å². The molecule has 2 nitrogen and oxygen atoms in total. The maximum atomic E-state index is 5.74. The second-order valence-corrected chi connectivity index (χ2v) is 5.94. The molecule has 0 aliphatic heterocycles. The van der Waals surface area contributed by atoms with E-state index in [4.69, 9.17) is 4.74 Å². The normalized spacial score (nSPS) is 10.5. The minimum absolute atomic E-state index is 0.789. The molecule has 4 heteroatoms. The molecule has 0 saturated heterocycles. The predicted octanol–water partition coefficient (Wildman–Crippen LogP) is 3.69. The molecule has 96 valence electrons. The van der Waals surface area contributed by atoms with Crippen molar-refractivity contribution in [1.82, 2.24) is 5.32 Å². The van der Waals surface area contributed by atoms with Crippen LogP contribution in [0.25, 0.3) is 0 Å². The van der Waals surface area contributed by atoms with E-state index in [1.165, 1.54) is 17.1 Å². The first-order valence-electron chi connectivity index (χ1n) is 5.91. The summed E-state index contributed by atoms with van der Waals surface area (Å²) in [5.74, 6) is 3.29. The zero-order chi connectivity index (χ0) is 12.5. The van der Waals surface area contributed by atoms with E-state index in [0.29, 0.717) is 0 Å². The van der Waals surface area contributed by atoms with E-state index in [1.54, 1.807) is 0 Å². The molecule has 0 spiro atoms. The minimum atomic E-state index is 0.789. The molecule has 0 heterocycles. The first kappa shape index (κ1) is 14.9. The second-order valence-electron chi connectivity index (χ2n) is 3.69. The summed E-state index contributed by atoms with van der Waals surface area (Å²) in [6.45, 7) is 3.85. The van der Waals surface area contributed by atoms with Crippen molar-refractivity contribution >= 4 is 27.7 Å². The lowest BCUT2D eigenvalue weighted by Crippen LogP contribution is -2.05. The highest BCUT2D eigenvalue weighted by molar-refractivity contribution is 9.10. The van der Waals surface area contributed by atoms with Crippen LogP contribution in [0.4, 0.5) is 0 Å². The summed E-state index contributed by atoms with van der Waals surface area (Å²) in [7, 11) is 1.95. The molecule has 0 bridgehead atoms. The van der Waals surface area contributed by atoms with Gasteiger partial charge in [-0.3, -0.25) is 0 Å². The molecule has 0 aromatic heterocycles. The molecule has 0 atom stereocenters. The molecule has 1 aromatic carbocycles. The highest BCUT2D eigenvalue weighted by Gasteiger charge is 2.02. The van der Waals surface area contributed by atoms with Crippen LogP contribution in [0, 0.1) is 0 Å². The van der Waals surface area contributed by atoms with Crippen molar-refractivity contribution < 1.29 is 4.74 Å². The van der Waals surface area contributed by atoms with E-state index in [-0.39, 0.29) is 0 Å². The van der Waals surface area contributed by atoms with E-state index in [1.807, 2.05) is 24.9 Å². The highest BCUT2D eigenvalue weighted by atomic mass is 79.9. The van der Waals surface area contributed by atoms with E-state index >= 15 is 0 Å². The van der Waals surface area contributed by atoms with E-state index in [0.717, 1.165) is 29.8 Å². The summed E-state index contributed by atoms with van der Waals surface area (Å²) >= 11 is 5.50. The smallest absolute Gasteiger partial charge is 0.133 e. The molecule has 1 N–H and O–H groups in total. The SMILES string of the molecule is CCSCCCOc1ccc(CNC)cc1Br. The predicted molar refractivity (Wildman–Crippen MR) is 80.0 cm³/mol. The third-order valence-electron chi connectivity index (χ3n) is 2.27. The molecule has 0 unspecified atom stereocenters. The quantitative estimate of drug-likeness (QED) is 0.739. The van der Waals surface area contributed by atoms with Gasteiger partial charge in [0.15, 0.2) is 0 Å². The van der Waals surface area contributed by atoms with Gasteiger partial charge in [-0.1, -0.05) is 13.0 Å². The van der Waals surface area contributed by atoms with Crippen LogP contribution in [0.2, 0.25) is 0 Å². The summed E-state index contributed by atoms with van der Waals surface area (Å²) in [6, 6.07) is 6.23. The van der Waals surface area contributed by atoms with Gasteiger partial charge in [0.1, 0.15) is 5.75 Å². The van der Waals surface area contributed by atoms with Gasteiger partial charge in [-0.05, 0) is 58.6 Å². The summed E-state index contributed by atoms with van der Waals surface area (Å²) in [5, 5.41) is 3.13. The Morgan fingerprint density at radius 3 is 2.88 bits per heavy atom. The lowest BCUT2D eigenvalue weighted by molar-refractivity contribution is 0.316. The number of thioether (sulfide) groups is 1. The zero-order valence-electron chi connectivity index (χ0n) is 10.5. The van der Waals surface area contributed by atoms with Crippen LogP contribution in [-0.4, -0.2) is 25.2 Å². The molecule has 0 aliphatic carbocycles. The van der Waals surface area contributed by atoms with Crippen LogP contribution in [-0.2, 0) is 6.54 Å². The van der Waals surface area contributed by atoms with Crippen LogP contribution in [0.15, 0.2) is 22.7 Å². The van der Waals surface area contributed by atoms with Crippen molar-refractivity contribution in [1.29, 1.82) is 0 Å². The Morgan fingerprint density at radius 2 is 2.24 bits per heavy atom. The van der Waals surface area contributed by atoms with Crippen LogP contribution in [0.5, 0.6) is 5.75 Å². The van der Waals surface area contributed by atoms with Crippen LogP contribution >= 0.6 is 27.7 Å². The number of hydrogen-bond acceptors (Lipinski definition) is 3. The molecule has 0 aliphatic rings. The molecule has 0 fully saturated rings. The van der Waals surface area contributed by atoms with Gasteiger partial charge >= 0.3 is 0 Å². The number of hydrogen-bond donors (Lipinski definition) is 1. The molecular formula is C13H20BrNOS. The third-order valence-corrected chi connectivity index (χ3v) is 3.88. The largest absolute Gasteiger partial charge is 0.492 e. The van der Waals surface area contributed by atoms with Crippen molar-refractivity contribution in [2.24, 2.45) is 0 Å². The van der Waals surface area contributed by atoms with Crippen molar-refractivity contribution in [3.63, 3.8) is 0 Å². The fourth-order valence-corrected chi connectivity index (χ4v) is 2.61. The van der Waals surface area contributed by atoms with Gasteiger partial charge in [-0.25, -0.2) is 0 Å². The molecule has 0 saturated carbocycles. The Morgan fingerprint density at radius 1 is 1.41 bits per heavy atom. The molecule has 0 radical (unpaired) electrons. The number of rotatable bonds is 8. The van der Waals surface area contributed by atoms with Gasteiger partial charge in [0, 0.05) is 6.54 Å². The maximum Gasteiger partial charge on any atom is 0.133 e. The molecule has 0 amide bonds. The first-order chi connectivity index (χ1) is 8.27. The highest BCUT2D eigenvalue weighted by Crippen LogP contribution is 2.26. The Balaban J connectivity index is 2.38. The van der Waals surface area contributed by atoms with Crippen molar-refractivity contribution in [3.05, 3.63) is 28.2 Å². The number of nitrogens with one attached hydrogen (secondary N) is 1. The zero-order valence-corrected chi connectivity index (χ0v) is 12.9. The monoisotopic (exact) mass is 317 g/mol. The van der Waals surface area contributed by atoms with Crippen LogP contribution in [0.3, 0.4) is 0 Å². The van der Waals surface area contributed by atoms with Crippen molar-refractivity contribution in [2.75, 3.05) is 25.2 Å². The lowest BCUT2D eigenvalue weighted by Gasteiger charge is -2.09. The fraction of sp³-hybridized carbons (Fsp3) is 0.538. The lowest BCUT2D eigenvalue weighted by atomic mass is 10.2. The van der Waals surface area contributed by atoms with Gasteiger partial charge in [0.05, 0.1) is 11.1 Å². The maximum absolute atomic E-state index is 5.74. The van der Waals surface area contributed by atoms with Crippen molar-refractivity contribution in [2.45, 2.75) is 19.9 Å². The summed E-state index contributed by atoms with van der Waals surface area (Å²) in [4.78, 5) is 0. The Bertz CT molecular complexity index is 333. The van der Waals surface area contributed by atoms with Crippen LogP contribution < -0.4 is 10.1 Å². The van der Waals surface area contributed by atoms with E-state index in [9.17, 15) is 0 Å². The summed E-state index contributed by atoms with van der Waals surface area (Å²) < 4.78 is 6.77. The first-order valence-corrected chi connectivity index (χ1v) is 7.86. The van der Waals surface area contributed by atoms with Crippen LogP contribution in [0.1, 0.15) is 18.9 Å². The van der Waals surface area contributed by atoms with Gasteiger partial charge in [-0.15, -0.1) is 0 Å². The van der Waals surface area contributed by atoms with E-state index in [2.05, 4.69) is 40.3 Å². The summed E-state index contributed by atoms with van der Waals surface area (Å²) in [5.41, 5.74) is 1.26. The van der Waals surface area contributed by atoms with Gasteiger partial charge in [0.25, 0.3) is 0 Å². The fourth-order valence-electron chi connectivity index (χ4n) is 1.46. The third kappa shape index (κ3) is 5.80. The molecule has 1 aromatic rings. The topological polar surface area (TPSA) is 21.3 Å². The Kier molecular flexibility index (Phi) is 7.73. The minimum Gasteiger partial charge on any atom is -0.492 e. The molecule has 1 rings (SSSR count).